The van der Waals surface area contributed by atoms with Crippen molar-refractivity contribution in [3.8, 4) is 11.1 Å². The van der Waals surface area contributed by atoms with Gasteiger partial charge in [0.2, 0.25) is 11.8 Å². The fourth-order valence-corrected chi connectivity index (χ4v) is 5.70. The molecule has 2 aliphatic carbocycles. The first kappa shape index (κ1) is 23.3. The number of pyridine rings is 1. The van der Waals surface area contributed by atoms with Gasteiger partial charge in [-0.3, -0.25) is 14.3 Å². The normalized spacial score (nSPS) is 27.5. The van der Waals surface area contributed by atoms with Crippen LogP contribution in [-0.4, -0.2) is 43.8 Å². The number of carbonyl (C=O) groups is 2. The molecule has 2 saturated carbocycles. The summed E-state index contributed by atoms with van der Waals surface area (Å²) in [7, 11) is 0. The first-order valence-corrected chi connectivity index (χ1v) is 12.6. The molecule has 0 saturated heterocycles. The van der Waals surface area contributed by atoms with Crippen LogP contribution in [0, 0.1) is 17.3 Å². The Morgan fingerprint density at radius 2 is 1.91 bits per heavy atom. The van der Waals surface area contributed by atoms with Gasteiger partial charge in [-0.2, -0.15) is 5.10 Å². The minimum absolute atomic E-state index is 0.00254. The van der Waals surface area contributed by atoms with Gasteiger partial charge < -0.3 is 15.7 Å². The third kappa shape index (κ3) is 4.70. The van der Waals surface area contributed by atoms with Crippen molar-refractivity contribution >= 4 is 29.2 Å². The molecule has 9 heteroatoms. The number of aliphatic hydroxyl groups excluding tert-OH is 1. The number of hydrogen-bond donors (Lipinski definition) is 3. The molecule has 2 amide bonds. The van der Waals surface area contributed by atoms with E-state index in [9.17, 15) is 14.7 Å². The molecule has 0 radical (unpaired) electrons. The highest BCUT2D eigenvalue weighted by atomic mass is 35.5. The quantitative estimate of drug-likeness (QED) is 0.599. The van der Waals surface area contributed by atoms with Crippen molar-refractivity contribution in [2.45, 2.75) is 77.5 Å². The Bertz CT molecular complexity index is 1110. The molecule has 182 valence electrons. The van der Waals surface area contributed by atoms with Crippen molar-refractivity contribution in [3.05, 3.63) is 29.2 Å². The van der Waals surface area contributed by atoms with Gasteiger partial charge in [-0.05, 0) is 50.0 Å². The number of anilines is 1. The summed E-state index contributed by atoms with van der Waals surface area (Å²) in [5.41, 5.74) is 3.11. The maximum atomic E-state index is 13.1. The zero-order chi connectivity index (χ0) is 24.0. The standard InChI is InChI=1S/C25H32ClN5O3/c1-25(2)10-21-19(11-28-31(21)13-25)18-9-22(27-12-20(18)26)30-23(33)14-4-3-5-16(6-14)29-24(34)15-7-17(32)8-15/h9,11-12,14-17,32H,3-8,10,13H2,1-2H3,(H,29,34)(H,27,30,33)/t14-,15?,16+,17?/m0/s1. The highest BCUT2D eigenvalue weighted by Crippen LogP contribution is 2.39. The summed E-state index contributed by atoms with van der Waals surface area (Å²) < 4.78 is 2.03. The molecule has 0 aromatic carbocycles. The van der Waals surface area contributed by atoms with Gasteiger partial charge in [0, 0.05) is 47.4 Å². The summed E-state index contributed by atoms with van der Waals surface area (Å²) in [6, 6.07) is 1.81. The first-order valence-electron chi connectivity index (χ1n) is 12.2. The number of carbonyl (C=O) groups excluding carboxylic acids is 2. The Kier molecular flexibility index (Phi) is 6.14. The van der Waals surface area contributed by atoms with E-state index in [1.165, 1.54) is 0 Å². The molecule has 3 aliphatic rings. The van der Waals surface area contributed by atoms with Crippen LogP contribution < -0.4 is 10.6 Å². The predicted octanol–water partition coefficient (Wildman–Crippen LogP) is 3.57. The fraction of sp³-hybridized carbons (Fsp3) is 0.600. The molecule has 2 atom stereocenters. The first-order chi connectivity index (χ1) is 16.2. The van der Waals surface area contributed by atoms with E-state index in [0.29, 0.717) is 30.1 Å². The van der Waals surface area contributed by atoms with Crippen LogP contribution in [0.3, 0.4) is 0 Å². The van der Waals surface area contributed by atoms with E-state index < -0.39 is 0 Å². The van der Waals surface area contributed by atoms with Gasteiger partial charge in [0.1, 0.15) is 5.82 Å². The number of nitrogens with zero attached hydrogens (tertiary/aromatic N) is 3. The molecule has 5 rings (SSSR count). The van der Waals surface area contributed by atoms with Crippen molar-refractivity contribution in [2.75, 3.05) is 5.32 Å². The average molecular weight is 486 g/mol. The van der Waals surface area contributed by atoms with Gasteiger partial charge in [0.25, 0.3) is 0 Å². The number of halogens is 1. The molecule has 34 heavy (non-hydrogen) atoms. The van der Waals surface area contributed by atoms with Crippen LogP contribution in [0.25, 0.3) is 11.1 Å². The summed E-state index contributed by atoms with van der Waals surface area (Å²) in [6.07, 6.45) is 8.19. The van der Waals surface area contributed by atoms with Crippen LogP contribution in [0.4, 0.5) is 5.82 Å². The molecule has 2 fully saturated rings. The lowest BCUT2D eigenvalue weighted by Crippen LogP contribution is -2.47. The third-order valence-corrected chi connectivity index (χ3v) is 7.75. The van der Waals surface area contributed by atoms with E-state index in [2.05, 4.69) is 34.6 Å². The molecular formula is C25H32ClN5O3. The lowest BCUT2D eigenvalue weighted by Gasteiger charge is -2.34. The highest BCUT2D eigenvalue weighted by Gasteiger charge is 2.36. The van der Waals surface area contributed by atoms with E-state index in [-0.39, 0.29) is 41.2 Å². The predicted molar refractivity (Wildman–Crippen MR) is 129 cm³/mol. The Hall–Kier alpha value is -2.45. The SMILES string of the molecule is CC1(C)Cc2c(-c3cc(NC(=O)[C@H]4CCC[C@@H](NC(=O)C5CC(O)C5)C4)ncc3Cl)cnn2C1. The number of fused-ring (bicyclic) bond motifs is 1. The summed E-state index contributed by atoms with van der Waals surface area (Å²) in [5.74, 6) is 0.0959. The summed E-state index contributed by atoms with van der Waals surface area (Å²) >= 11 is 6.50. The lowest BCUT2D eigenvalue weighted by atomic mass is 9.80. The summed E-state index contributed by atoms with van der Waals surface area (Å²) in [4.78, 5) is 29.7. The largest absolute Gasteiger partial charge is 0.393 e. The minimum atomic E-state index is -0.354. The van der Waals surface area contributed by atoms with Crippen molar-refractivity contribution in [1.29, 1.82) is 0 Å². The number of hydrogen-bond acceptors (Lipinski definition) is 5. The molecule has 0 bridgehead atoms. The number of nitrogens with one attached hydrogen (secondary N) is 2. The molecule has 3 heterocycles. The fourth-order valence-electron chi connectivity index (χ4n) is 5.49. The second-order valence-corrected chi connectivity index (χ2v) is 11.3. The molecule has 8 nitrogen and oxygen atoms in total. The molecule has 2 aromatic heterocycles. The van der Waals surface area contributed by atoms with E-state index in [1.54, 1.807) is 6.20 Å². The Balaban J connectivity index is 1.24. The van der Waals surface area contributed by atoms with Crippen LogP contribution in [0.5, 0.6) is 0 Å². The van der Waals surface area contributed by atoms with Crippen molar-refractivity contribution in [2.24, 2.45) is 17.3 Å². The number of rotatable bonds is 5. The zero-order valence-corrected chi connectivity index (χ0v) is 20.4. The summed E-state index contributed by atoms with van der Waals surface area (Å²) in [6.45, 7) is 5.32. The van der Waals surface area contributed by atoms with Crippen molar-refractivity contribution in [1.82, 2.24) is 20.1 Å². The van der Waals surface area contributed by atoms with Crippen LogP contribution in [0.15, 0.2) is 18.5 Å². The monoisotopic (exact) mass is 485 g/mol. The van der Waals surface area contributed by atoms with Gasteiger partial charge in [-0.15, -0.1) is 0 Å². The Morgan fingerprint density at radius 1 is 1.12 bits per heavy atom. The van der Waals surface area contributed by atoms with Crippen LogP contribution >= 0.6 is 11.6 Å². The molecule has 1 aliphatic heterocycles. The van der Waals surface area contributed by atoms with Crippen LogP contribution in [0.1, 0.15) is 58.1 Å². The Labute approximate surface area is 204 Å². The van der Waals surface area contributed by atoms with Crippen molar-refractivity contribution < 1.29 is 14.7 Å². The molecule has 0 unspecified atom stereocenters. The molecular weight excluding hydrogens is 454 g/mol. The highest BCUT2D eigenvalue weighted by molar-refractivity contribution is 6.33. The van der Waals surface area contributed by atoms with E-state index >= 15 is 0 Å². The van der Waals surface area contributed by atoms with E-state index in [0.717, 1.165) is 49.0 Å². The zero-order valence-electron chi connectivity index (χ0n) is 19.7. The van der Waals surface area contributed by atoms with Gasteiger partial charge in [-0.25, -0.2) is 4.98 Å². The smallest absolute Gasteiger partial charge is 0.228 e. The third-order valence-electron chi connectivity index (χ3n) is 7.44. The van der Waals surface area contributed by atoms with Gasteiger partial charge in [0.05, 0.1) is 17.3 Å². The minimum Gasteiger partial charge on any atom is -0.393 e. The Morgan fingerprint density at radius 3 is 2.68 bits per heavy atom. The second kappa shape index (κ2) is 8.96. The van der Waals surface area contributed by atoms with Gasteiger partial charge in [-0.1, -0.05) is 31.9 Å². The average Bonchev–Trinajstić information content (AvgIpc) is 3.28. The summed E-state index contributed by atoms with van der Waals surface area (Å²) in [5, 5.41) is 20.6. The molecule has 0 spiro atoms. The second-order valence-electron chi connectivity index (χ2n) is 10.9. The van der Waals surface area contributed by atoms with Crippen molar-refractivity contribution in [3.63, 3.8) is 0 Å². The topological polar surface area (TPSA) is 109 Å². The lowest BCUT2D eigenvalue weighted by molar-refractivity contribution is -0.133. The van der Waals surface area contributed by atoms with E-state index in [1.807, 2.05) is 16.9 Å². The molecule has 2 aromatic rings. The van der Waals surface area contributed by atoms with E-state index in [4.69, 9.17) is 11.6 Å². The van der Waals surface area contributed by atoms with Gasteiger partial charge in [0.15, 0.2) is 0 Å². The number of aromatic nitrogens is 3. The molecule has 3 N–H and O–H groups in total. The van der Waals surface area contributed by atoms with Crippen LogP contribution in [-0.2, 0) is 22.6 Å². The maximum Gasteiger partial charge on any atom is 0.228 e. The van der Waals surface area contributed by atoms with Gasteiger partial charge >= 0.3 is 0 Å². The maximum absolute atomic E-state index is 13.1. The number of amides is 2. The number of aliphatic hydroxyl groups is 1. The van der Waals surface area contributed by atoms with Crippen LogP contribution in [0.2, 0.25) is 5.02 Å².